The van der Waals surface area contributed by atoms with Gasteiger partial charge in [0.2, 0.25) is 0 Å². The van der Waals surface area contributed by atoms with Crippen LogP contribution in [-0.4, -0.2) is 53.4 Å². The molecule has 1 spiro atoms. The third kappa shape index (κ3) is 2.87. The number of hydrogen-bond donors (Lipinski definition) is 1. The van der Waals surface area contributed by atoms with Gasteiger partial charge in [0.25, 0.3) is 0 Å². The second kappa shape index (κ2) is 5.83. The molecule has 0 radical (unpaired) electrons. The molecule has 6 nitrogen and oxygen atoms in total. The molecule has 1 saturated carbocycles. The quantitative estimate of drug-likeness (QED) is 0.907. The van der Waals surface area contributed by atoms with Crippen LogP contribution in [0.1, 0.15) is 32.1 Å². The average molecular weight is 307 g/mol. The summed E-state index contributed by atoms with van der Waals surface area (Å²) in [5.74, 6) is 0.812. The number of ether oxygens (including phenoxy) is 3. The topological polar surface area (TPSA) is 57.5 Å². The highest BCUT2D eigenvalue weighted by Crippen LogP contribution is 2.42. The molecule has 1 aromatic heterocycles. The van der Waals surface area contributed by atoms with Gasteiger partial charge in [-0.05, 0) is 32.1 Å². The van der Waals surface area contributed by atoms with Crippen molar-refractivity contribution in [2.24, 2.45) is 7.05 Å². The number of nitrogens with zero attached hydrogens (tertiary/aromatic N) is 2. The highest BCUT2D eigenvalue weighted by molar-refractivity contribution is 5.13. The van der Waals surface area contributed by atoms with Crippen LogP contribution in [-0.2, 0) is 16.5 Å². The second-order valence-electron chi connectivity index (χ2n) is 6.89. The molecule has 0 bridgehead atoms. The van der Waals surface area contributed by atoms with E-state index >= 15 is 0 Å². The van der Waals surface area contributed by atoms with Crippen molar-refractivity contribution in [3.63, 3.8) is 0 Å². The Labute approximate surface area is 131 Å². The summed E-state index contributed by atoms with van der Waals surface area (Å²) >= 11 is 0. The molecule has 122 valence electrons. The second-order valence-corrected chi connectivity index (χ2v) is 6.89. The number of nitrogens with one attached hydrogen (secondary N) is 1. The van der Waals surface area contributed by atoms with Crippen molar-refractivity contribution in [2.45, 2.75) is 55.9 Å². The maximum absolute atomic E-state index is 6.04. The summed E-state index contributed by atoms with van der Waals surface area (Å²) in [5, 5.41) is 7.91. The SMILES string of the molecule is Cn1cc(O[C@@H]2COC[C@@H]2NC2CCOC3(CCC3)C2)cn1. The van der Waals surface area contributed by atoms with E-state index in [2.05, 4.69) is 10.4 Å². The van der Waals surface area contributed by atoms with Crippen LogP contribution in [0.25, 0.3) is 0 Å². The van der Waals surface area contributed by atoms with Crippen LogP contribution >= 0.6 is 0 Å². The Balaban J connectivity index is 1.34. The van der Waals surface area contributed by atoms with Gasteiger partial charge in [0.1, 0.15) is 6.10 Å². The predicted molar refractivity (Wildman–Crippen MR) is 80.9 cm³/mol. The number of aromatic nitrogens is 2. The summed E-state index contributed by atoms with van der Waals surface area (Å²) in [6, 6.07) is 0.765. The zero-order valence-corrected chi connectivity index (χ0v) is 13.2. The van der Waals surface area contributed by atoms with Crippen molar-refractivity contribution in [2.75, 3.05) is 19.8 Å². The molecule has 1 aliphatic carbocycles. The zero-order chi connectivity index (χ0) is 15.0. The number of rotatable bonds is 4. The lowest BCUT2D eigenvalue weighted by Gasteiger charge is -2.47. The molecule has 0 amide bonds. The van der Waals surface area contributed by atoms with E-state index in [0.29, 0.717) is 12.6 Å². The highest BCUT2D eigenvalue weighted by atomic mass is 16.5. The molecule has 1 unspecified atom stereocenters. The van der Waals surface area contributed by atoms with Gasteiger partial charge in [0.15, 0.2) is 5.75 Å². The minimum atomic E-state index is 0.0596. The van der Waals surface area contributed by atoms with Gasteiger partial charge >= 0.3 is 0 Å². The van der Waals surface area contributed by atoms with E-state index in [4.69, 9.17) is 14.2 Å². The lowest BCUT2D eigenvalue weighted by Crippen LogP contribution is -2.55. The third-order valence-corrected chi connectivity index (χ3v) is 5.20. The molecule has 2 aliphatic heterocycles. The van der Waals surface area contributed by atoms with Crippen molar-refractivity contribution in [1.82, 2.24) is 15.1 Å². The first kappa shape index (κ1) is 14.5. The summed E-state index contributed by atoms with van der Waals surface area (Å²) in [7, 11) is 1.90. The van der Waals surface area contributed by atoms with Gasteiger partial charge in [-0.2, -0.15) is 5.10 Å². The Morgan fingerprint density at radius 1 is 1.41 bits per heavy atom. The fraction of sp³-hybridized carbons (Fsp3) is 0.812. The average Bonchev–Trinajstić information content (AvgIpc) is 3.08. The van der Waals surface area contributed by atoms with E-state index in [1.807, 2.05) is 13.2 Å². The van der Waals surface area contributed by atoms with Crippen LogP contribution in [0.15, 0.2) is 12.4 Å². The van der Waals surface area contributed by atoms with Crippen LogP contribution in [0, 0.1) is 0 Å². The van der Waals surface area contributed by atoms with Crippen LogP contribution in [0.5, 0.6) is 5.75 Å². The fourth-order valence-electron chi connectivity index (χ4n) is 3.83. The van der Waals surface area contributed by atoms with Gasteiger partial charge in [0, 0.05) is 19.7 Å². The standard InChI is InChI=1S/C16H25N3O3/c1-19-9-13(8-17-19)22-15-11-20-10-14(15)18-12-3-6-21-16(7-12)4-2-5-16/h8-9,12,14-15,18H,2-7,10-11H2,1H3/t12?,14-,15+/m0/s1. The minimum Gasteiger partial charge on any atom is -0.483 e. The first-order valence-corrected chi connectivity index (χ1v) is 8.36. The molecule has 3 aliphatic rings. The first-order chi connectivity index (χ1) is 10.7. The van der Waals surface area contributed by atoms with Crippen LogP contribution in [0.3, 0.4) is 0 Å². The Bertz CT molecular complexity index is 514. The normalized spacial score (nSPS) is 33.8. The van der Waals surface area contributed by atoms with Crippen LogP contribution in [0.4, 0.5) is 0 Å². The molecule has 2 saturated heterocycles. The van der Waals surface area contributed by atoms with E-state index < -0.39 is 0 Å². The van der Waals surface area contributed by atoms with Crippen molar-refractivity contribution in [1.29, 1.82) is 0 Å². The van der Waals surface area contributed by atoms with Gasteiger partial charge in [-0.15, -0.1) is 0 Å². The van der Waals surface area contributed by atoms with E-state index in [1.165, 1.54) is 19.3 Å². The molecular weight excluding hydrogens is 282 g/mol. The Morgan fingerprint density at radius 3 is 3.05 bits per heavy atom. The molecule has 6 heteroatoms. The maximum atomic E-state index is 6.04. The van der Waals surface area contributed by atoms with Gasteiger partial charge in [0.05, 0.1) is 37.3 Å². The molecule has 1 N–H and O–H groups in total. The Morgan fingerprint density at radius 2 is 2.32 bits per heavy atom. The summed E-state index contributed by atoms with van der Waals surface area (Å²) < 4.78 is 19.4. The first-order valence-electron chi connectivity index (χ1n) is 8.36. The zero-order valence-electron chi connectivity index (χ0n) is 13.2. The van der Waals surface area contributed by atoms with Crippen LogP contribution < -0.4 is 10.1 Å². The third-order valence-electron chi connectivity index (χ3n) is 5.20. The lowest BCUT2D eigenvalue weighted by atomic mass is 9.74. The van der Waals surface area contributed by atoms with Crippen molar-refractivity contribution in [3.8, 4) is 5.75 Å². The summed E-state index contributed by atoms with van der Waals surface area (Å²) in [6.07, 6.45) is 9.68. The van der Waals surface area contributed by atoms with Crippen molar-refractivity contribution in [3.05, 3.63) is 12.4 Å². The monoisotopic (exact) mass is 307 g/mol. The summed E-state index contributed by atoms with van der Waals surface area (Å²) in [5.41, 5.74) is 0.176. The van der Waals surface area contributed by atoms with E-state index in [1.54, 1.807) is 10.9 Å². The fourth-order valence-corrected chi connectivity index (χ4v) is 3.83. The Kier molecular flexibility index (Phi) is 3.84. The maximum Gasteiger partial charge on any atom is 0.157 e. The molecular formula is C16H25N3O3. The molecule has 0 aromatic carbocycles. The Hall–Kier alpha value is -1.11. The predicted octanol–water partition coefficient (Wildman–Crippen LogP) is 1.26. The molecule has 22 heavy (non-hydrogen) atoms. The van der Waals surface area contributed by atoms with Crippen LogP contribution in [0.2, 0.25) is 0 Å². The molecule has 4 rings (SSSR count). The van der Waals surface area contributed by atoms with Gasteiger partial charge in [-0.1, -0.05) is 0 Å². The van der Waals surface area contributed by atoms with Crippen molar-refractivity contribution >= 4 is 0 Å². The summed E-state index contributed by atoms with van der Waals surface area (Å²) in [6.45, 7) is 2.23. The molecule has 3 heterocycles. The van der Waals surface area contributed by atoms with Gasteiger partial charge in [-0.3, -0.25) is 4.68 Å². The number of aryl methyl sites for hydroxylation is 1. The van der Waals surface area contributed by atoms with E-state index in [0.717, 1.165) is 31.8 Å². The summed E-state index contributed by atoms with van der Waals surface area (Å²) in [4.78, 5) is 0. The number of hydrogen-bond acceptors (Lipinski definition) is 5. The minimum absolute atomic E-state index is 0.0596. The largest absolute Gasteiger partial charge is 0.483 e. The van der Waals surface area contributed by atoms with Crippen molar-refractivity contribution < 1.29 is 14.2 Å². The van der Waals surface area contributed by atoms with Gasteiger partial charge < -0.3 is 19.5 Å². The lowest BCUT2D eigenvalue weighted by molar-refractivity contribution is -0.136. The highest BCUT2D eigenvalue weighted by Gasteiger charge is 2.43. The van der Waals surface area contributed by atoms with E-state index in [9.17, 15) is 0 Å². The molecule has 3 atom stereocenters. The smallest absolute Gasteiger partial charge is 0.157 e. The molecule has 1 aromatic rings. The molecule has 3 fully saturated rings. The van der Waals surface area contributed by atoms with E-state index in [-0.39, 0.29) is 17.7 Å². The van der Waals surface area contributed by atoms with Gasteiger partial charge in [-0.25, -0.2) is 0 Å².